The van der Waals surface area contributed by atoms with E-state index in [0.29, 0.717) is 19.4 Å². The van der Waals surface area contributed by atoms with E-state index < -0.39 is 36.6 Å². The maximum absolute atomic E-state index is 13.4. The molecule has 0 radical (unpaired) electrons. The average molecular weight is 486 g/mol. The zero-order valence-corrected chi connectivity index (χ0v) is 18.8. The maximum atomic E-state index is 13.4. The summed E-state index contributed by atoms with van der Waals surface area (Å²) in [5.41, 5.74) is 2.18. The number of carbonyl (C=O) groups excluding carboxylic acids is 3. The number of esters is 1. The van der Waals surface area contributed by atoms with Crippen molar-refractivity contribution in [1.29, 1.82) is 0 Å². The van der Waals surface area contributed by atoms with Crippen molar-refractivity contribution in [2.24, 2.45) is 11.8 Å². The minimum absolute atomic E-state index is 0.0850. The summed E-state index contributed by atoms with van der Waals surface area (Å²) in [7, 11) is 0. The number of hydrogen-bond acceptors (Lipinski definition) is 6. The molecular weight excluding hydrogens is 462 g/mol. The first-order valence-corrected chi connectivity index (χ1v) is 11.6. The summed E-state index contributed by atoms with van der Waals surface area (Å²) in [6, 6.07) is 11.6. The van der Waals surface area contributed by atoms with Gasteiger partial charge in [0.1, 0.15) is 0 Å². The summed E-state index contributed by atoms with van der Waals surface area (Å²) in [4.78, 5) is 40.3. The third kappa shape index (κ3) is 4.78. The molecule has 2 atom stereocenters. The van der Waals surface area contributed by atoms with Gasteiger partial charge in [0.2, 0.25) is 5.91 Å². The van der Waals surface area contributed by atoms with Gasteiger partial charge in [-0.05, 0) is 43.0 Å². The van der Waals surface area contributed by atoms with Crippen molar-refractivity contribution in [3.8, 4) is 11.5 Å². The second kappa shape index (κ2) is 9.16. The van der Waals surface area contributed by atoms with E-state index in [1.54, 1.807) is 4.90 Å². The smallest absolute Gasteiger partial charge is 0.455 e. The van der Waals surface area contributed by atoms with Crippen molar-refractivity contribution < 1.29 is 37.4 Å². The van der Waals surface area contributed by atoms with Crippen molar-refractivity contribution in [2.75, 3.05) is 23.4 Å². The van der Waals surface area contributed by atoms with Gasteiger partial charge < -0.3 is 24.4 Å². The molecule has 2 aromatic carbocycles. The lowest BCUT2D eigenvalue weighted by atomic mass is 9.78. The molecule has 1 aliphatic carbocycles. The maximum Gasteiger partial charge on any atom is 0.586 e. The molecule has 0 saturated heterocycles. The van der Waals surface area contributed by atoms with Gasteiger partial charge in [-0.1, -0.05) is 31.0 Å². The van der Waals surface area contributed by atoms with Gasteiger partial charge in [0.15, 0.2) is 18.1 Å². The fourth-order valence-corrected chi connectivity index (χ4v) is 4.94. The zero-order chi connectivity index (χ0) is 24.6. The summed E-state index contributed by atoms with van der Waals surface area (Å²) in [6.07, 6.45) is -0.228. The molecule has 1 fully saturated rings. The van der Waals surface area contributed by atoms with E-state index in [-0.39, 0.29) is 23.1 Å². The Hall–Kier alpha value is -3.69. The quantitative estimate of drug-likeness (QED) is 0.645. The van der Waals surface area contributed by atoms with Gasteiger partial charge in [-0.3, -0.25) is 14.4 Å². The molecule has 2 unspecified atom stereocenters. The number of carbonyl (C=O) groups is 3. The first-order chi connectivity index (χ1) is 16.8. The molecule has 0 spiro atoms. The van der Waals surface area contributed by atoms with Gasteiger partial charge in [-0.15, -0.1) is 8.78 Å². The van der Waals surface area contributed by atoms with Gasteiger partial charge in [0.05, 0.1) is 11.8 Å². The Labute approximate surface area is 200 Å². The van der Waals surface area contributed by atoms with Gasteiger partial charge in [0.25, 0.3) is 5.91 Å². The third-order valence-electron chi connectivity index (χ3n) is 6.57. The molecule has 0 aromatic heterocycles. The third-order valence-corrected chi connectivity index (χ3v) is 6.57. The van der Waals surface area contributed by atoms with E-state index in [1.807, 2.05) is 24.3 Å². The van der Waals surface area contributed by atoms with Crippen LogP contribution in [0.25, 0.3) is 0 Å². The van der Waals surface area contributed by atoms with Gasteiger partial charge in [-0.25, -0.2) is 0 Å². The SMILES string of the molecule is O=C(COC(=O)C1CCCCC1C(=O)N1CCc2ccccc21)Nc1ccc2c(c1)OC(F)(F)O2. The molecule has 8 nitrogen and oxygen atoms in total. The van der Waals surface area contributed by atoms with E-state index in [9.17, 15) is 23.2 Å². The van der Waals surface area contributed by atoms with E-state index >= 15 is 0 Å². The average Bonchev–Trinajstić information content (AvgIpc) is 3.41. The van der Waals surface area contributed by atoms with Gasteiger partial charge in [-0.2, -0.15) is 0 Å². The summed E-state index contributed by atoms with van der Waals surface area (Å²) in [5, 5.41) is 2.48. The number of halogens is 2. The topological polar surface area (TPSA) is 94.2 Å². The number of alkyl halides is 2. The largest absolute Gasteiger partial charge is 0.586 e. The second-order valence-corrected chi connectivity index (χ2v) is 8.85. The molecule has 0 bridgehead atoms. The van der Waals surface area contributed by atoms with Crippen LogP contribution in [0.3, 0.4) is 0 Å². The van der Waals surface area contributed by atoms with Crippen LogP contribution in [0.2, 0.25) is 0 Å². The molecule has 10 heteroatoms. The molecule has 3 aliphatic rings. The Morgan fingerprint density at radius 1 is 1.03 bits per heavy atom. The zero-order valence-electron chi connectivity index (χ0n) is 18.8. The number of hydrogen-bond donors (Lipinski definition) is 1. The Morgan fingerprint density at radius 2 is 1.77 bits per heavy atom. The van der Waals surface area contributed by atoms with Crippen LogP contribution >= 0.6 is 0 Å². The number of anilines is 2. The van der Waals surface area contributed by atoms with E-state index in [2.05, 4.69) is 14.8 Å². The van der Waals surface area contributed by atoms with E-state index in [1.165, 1.54) is 18.2 Å². The summed E-state index contributed by atoms with van der Waals surface area (Å²) >= 11 is 0. The monoisotopic (exact) mass is 486 g/mol. The molecule has 1 saturated carbocycles. The Kier molecular flexibility index (Phi) is 6.04. The second-order valence-electron chi connectivity index (χ2n) is 8.85. The summed E-state index contributed by atoms with van der Waals surface area (Å²) in [6.45, 7) is 0.0215. The molecule has 2 aliphatic heterocycles. The predicted octanol–water partition coefficient (Wildman–Crippen LogP) is 3.89. The Bertz CT molecular complexity index is 1170. The van der Waals surface area contributed by atoms with Crippen molar-refractivity contribution in [2.45, 2.75) is 38.4 Å². The highest BCUT2D eigenvalue weighted by atomic mass is 19.3. The van der Waals surface area contributed by atoms with Crippen LogP contribution < -0.4 is 19.7 Å². The lowest BCUT2D eigenvalue weighted by molar-refractivity contribution is -0.286. The fourth-order valence-electron chi connectivity index (χ4n) is 4.94. The highest BCUT2D eigenvalue weighted by Crippen LogP contribution is 2.42. The molecule has 2 aromatic rings. The van der Waals surface area contributed by atoms with Crippen molar-refractivity contribution in [3.05, 3.63) is 48.0 Å². The molecular formula is C25H24F2N2O6. The van der Waals surface area contributed by atoms with Gasteiger partial charge >= 0.3 is 12.3 Å². The molecule has 2 amide bonds. The minimum Gasteiger partial charge on any atom is -0.455 e. The minimum atomic E-state index is -3.76. The van der Waals surface area contributed by atoms with Crippen LogP contribution in [0.4, 0.5) is 20.2 Å². The van der Waals surface area contributed by atoms with Crippen LogP contribution in [0, 0.1) is 11.8 Å². The number of nitrogens with zero attached hydrogens (tertiary/aromatic N) is 1. The number of ether oxygens (including phenoxy) is 3. The van der Waals surface area contributed by atoms with Gasteiger partial charge in [0, 0.05) is 24.0 Å². The first kappa shape index (κ1) is 23.1. The summed E-state index contributed by atoms with van der Waals surface area (Å²) < 4.78 is 40.3. The standard InChI is InChI=1S/C25H24F2N2O6/c26-25(27)34-20-10-9-16(13-21(20)35-25)28-22(30)14-33-24(32)18-7-3-2-6-17(18)23(31)29-12-11-15-5-1-4-8-19(15)29/h1,4-5,8-10,13,17-18H,2-3,6-7,11-12,14H2,(H,28,30). The molecule has 5 rings (SSSR count). The van der Waals surface area contributed by atoms with Crippen LogP contribution in [0.5, 0.6) is 11.5 Å². The molecule has 2 heterocycles. The molecule has 1 N–H and O–H groups in total. The highest BCUT2D eigenvalue weighted by molar-refractivity contribution is 5.99. The highest BCUT2D eigenvalue weighted by Gasteiger charge is 2.43. The Balaban J connectivity index is 1.18. The van der Waals surface area contributed by atoms with Crippen LogP contribution in [0.1, 0.15) is 31.2 Å². The number of amides is 2. The normalized spacial score (nSPS) is 21.8. The Morgan fingerprint density at radius 3 is 2.60 bits per heavy atom. The van der Waals surface area contributed by atoms with Crippen molar-refractivity contribution in [3.63, 3.8) is 0 Å². The van der Waals surface area contributed by atoms with Crippen molar-refractivity contribution in [1.82, 2.24) is 0 Å². The van der Waals surface area contributed by atoms with Crippen LogP contribution in [-0.2, 0) is 25.5 Å². The van der Waals surface area contributed by atoms with Crippen molar-refractivity contribution >= 4 is 29.2 Å². The van der Waals surface area contributed by atoms with E-state index in [4.69, 9.17) is 4.74 Å². The molecule has 35 heavy (non-hydrogen) atoms. The molecule has 184 valence electrons. The first-order valence-electron chi connectivity index (χ1n) is 11.6. The number of nitrogens with one attached hydrogen (secondary N) is 1. The lowest BCUT2D eigenvalue weighted by Gasteiger charge is -2.32. The predicted molar refractivity (Wildman–Crippen MR) is 120 cm³/mol. The number of rotatable bonds is 5. The van der Waals surface area contributed by atoms with Crippen LogP contribution in [0.15, 0.2) is 42.5 Å². The number of fused-ring (bicyclic) bond motifs is 2. The lowest BCUT2D eigenvalue weighted by Crippen LogP contribution is -2.42. The number of benzene rings is 2. The van der Waals surface area contributed by atoms with E-state index in [0.717, 1.165) is 30.5 Å². The fraction of sp³-hybridized carbons (Fsp3) is 0.400. The summed E-state index contributed by atoms with van der Waals surface area (Å²) in [5.74, 6) is -2.79. The number of para-hydroxylation sites is 1. The van der Waals surface area contributed by atoms with Crippen LogP contribution in [-0.4, -0.2) is 37.2 Å².